The highest BCUT2D eigenvalue weighted by atomic mass is 32.2. The summed E-state index contributed by atoms with van der Waals surface area (Å²) >= 11 is 0. The number of benzene rings is 3. The molecule has 11 heteroatoms. The van der Waals surface area contributed by atoms with Crippen LogP contribution in [0.15, 0.2) is 90.3 Å². The smallest absolute Gasteiger partial charge is 0.252 e. The van der Waals surface area contributed by atoms with Crippen molar-refractivity contribution in [2.24, 2.45) is 0 Å². The van der Waals surface area contributed by atoms with Gasteiger partial charge in [0.25, 0.3) is 5.91 Å². The number of carbonyl (C=O) groups is 2. The molecule has 1 unspecified atom stereocenters. The molecule has 0 saturated carbocycles. The average molecular weight is 604 g/mol. The number of hydrogen-bond acceptors (Lipinski definition) is 8. The predicted molar refractivity (Wildman–Crippen MR) is 159 cm³/mol. The number of sulfone groups is 1. The van der Waals surface area contributed by atoms with Crippen LogP contribution >= 0.6 is 0 Å². The summed E-state index contributed by atoms with van der Waals surface area (Å²) in [7, 11) is -4.15. The Morgan fingerprint density at radius 2 is 1.74 bits per heavy atom. The average Bonchev–Trinajstić information content (AvgIpc) is 3.54. The van der Waals surface area contributed by atoms with Gasteiger partial charge in [0, 0.05) is 29.9 Å². The third-order valence-corrected chi connectivity index (χ3v) is 9.17. The highest BCUT2D eigenvalue weighted by Crippen LogP contribution is 2.37. The van der Waals surface area contributed by atoms with Crippen LogP contribution in [0.1, 0.15) is 56.4 Å². The van der Waals surface area contributed by atoms with Crippen LogP contribution in [-0.4, -0.2) is 59.1 Å². The number of rotatable bonds is 12. The number of Topliss-reactive ketones (excluding diaryl/α,β-unsaturated/α-hetero) is 1. The molecule has 1 atom stereocenters. The molecule has 10 nitrogen and oxygen atoms in total. The van der Waals surface area contributed by atoms with E-state index in [0.717, 1.165) is 5.56 Å². The Balaban J connectivity index is 1.56. The molecule has 0 saturated heterocycles. The number of hydrogen-bond donors (Lipinski definition) is 3. The fraction of sp³-hybridized carbons (Fsp3) is 0.281. The summed E-state index contributed by atoms with van der Waals surface area (Å²) in [5, 5.41) is 21.3. The van der Waals surface area contributed by atoms with Crippen LogP contribution in [0, 0.1) is 0 Å². The van der Waals surface area contributed by atoms with Crippen molar-refractivity contribution in [3.05, 3.63) is 113 Å². The van der Waals surface area contributed by atoms with Crippen molar-refractivity contribution in [1.82, 2.24) is 14.9 Å². The second-order valence-electron chi connectivity index (χ2n) is 10.4. The Hall–Kier alpha value is -4.32. The van der Waals surface area contributed by atoms with Crippen molar-refractivity contribution in [2.75, 3.05) is 13.2 Å². The van der Waals surface area contributed by atoms with Crippen LogP contribution < -0.4 is 10.1 Å². The molecule has 1 aromatic heterocycles. The first-order chi connectivity index (χ1) is 20.8. The lowest BCUT2D eigenvalue weighted by atomic mass is 9.87. The van der Waals surface area contributed by atoms with E-state index in [1.807, 2.05) is 41.1 Å². The number of carbonyl (C=O) groups excluding carboxylic acids is 2. The monoisotopic (exact) mass is 603 g/mol. The first-order valence-electron chi connectivity index (χ1n) is 14.0. The van der Waals surface area contributed by atoms with Gasteiger partial charge < -0.3 is 24.8 Å². The van der Waals surface area contributed by atoms with Crippen molar-refractivity contribution in [1.29, 1.82) is 0 Å². The first-order valence-corrected chi connectivity index (χ1v) is 15.7. The number of nitrogens with zero attached hydrogens (tertiary/aromatic N) is 2. The molecule has 3 N–H and O–H groups in total. The van der Waals surface area contributed by atoms with Gasteiger partial charge >= 0.3 is 0 Å². The minimum absolute atomic E-state index is 0.0525. The maximum atomic E-state index is 14.1. The molecule has 0 radical (unpaired) electrons. The number of aromatic nitrogens is 2. The number of amides is 1. The van der Waals surface area contributed by atoms with Gasteiger partial charge in [0.2, 0.25) is 0 Å². The number of fused-ring (bicyclic) bond motifs is 1. The minimum atomic E-state index is -4.15. The third-order valence-electron chi connectivity index (χ3n) is 7.47. The van der Waals surface area contributed by atoms with Crippen LogP contribution in [0.4, 0.5) is 0 Å². The zero-order valence-corrected chi connectivity index (χ0v) is 24.2. The molecule has 1 heterocycles. The van der Waals surface area contributed by atoms with Gasteiger partial charge in [-0.15, -0.1) is 0 Å². The number of ketones is 1. The van der Waals surface area contributed by atoms with Crippen molar-refractivity contribution in [2.45, 2.75) is 48.6 Å². The Morgan fingerprint density at radius 3 is 2.47 bits per heavy atom. The van der Waals surface area contributed by atoms with Gasteiger partial charge in [0.05, 0.1) is 48.3 Å². The van der Waals surface area contributed by atoms with Crippen molar-refractivity contribution in [3.8, 4) is 5.75 Å². The minimum Gasteiger partial charge on any atom is -0.484 e. The maximum Gasteiger partial charge on any atom is 0.252 e. The lowest BCUT2D eigenvalue weighted by Gasteiger charge is -2.26. The molecule has 0 bridgehead atoms. The van der Waals surface area contributed by atoms with E-state index >= 15 is 0 Å². The molecule has 3 aromatic carbocycles. The Labute approximate surface area is 249 Å². The van der Waals surface area contributed by atoms with Crippen molar-refractivity contribution in [3.63, 3.8) is 0 Å². The van der Waals surface area contributed by atoms with E-state index in [1.165, 1.54) is 18.2 Å². The van der Waals surface area contributed by atoms with Crippen LogP contribution in [-0.2, 0) is 28.6 Å². The summed E-state index contributed by atoms with van der Waals surface area (Å²) in [6, 6.07) is 17.8. The molecule has 0 aliphatic heterocycles. The first kappa shape index (κ1) is 30.1. The van der Waals surface area contributed by atoms with Gasteiger partial charge in [-0.25, -0.2) is 13.4 Å². The lowest BCUT2D eigenvalue weighted by molar-refractivity contribution is 0.0875. The van der Waals surface area contributed by atoms with E-state index < -0.39 is 46.9 Å². The number of aliphatic hydroxyl groups is 2. The number of imidazole rings is 1. The Morgan fingerprint density at radius 1 is 1.00 bits per heavy atom. The second kappa shape index (κ2) is 13.3. The molecule has 1 aliphatic carbocycles. The topological polar surface area (TPSA) is 148 Å². The van der Waals surface area contributed by atoms with E-state index in [2.05, 4.69) is 10.3 Å². The van der Waals surface area contributed by atoms with E-state index in [1.54, 1.807) is 30.7 Å². The Bertz CT molecular complexity index is 1690. The van der Waals surface area contributed by atoms with Gasteiger partial charge in [0.1, 0.15) is 11.9 Å². The zero-order valence-electron chi connectivity index (χ0n) is 23.4. The highest BCUT2D eigenvalue weighted by Gasteiger charge is 2.30. The predicted octanol–water partition coefficient (Wildman–Crippen LogP) is 3.28. The summed E-state index contributed by atoms with van der Waals surface area (Å²) in [5.41, 5.74) is 2.27. The molecule has 43 heavy (non-hydrogen) atoms. The SMILES string of the molecule is O=C(NC(CO)CO)c1ccccc1S(=O)(=O)Cc1c(OC(Cn2ccnc2)c2ccccc2)ccc2c1CCCC2=O. The highest BCUT2D eigenvalue weighted by molar-refractivity contribution is 7.90. The molecule has 0 spiro atoms. The van der Waals surface area contributed by atoms with Crippen LogP contribution in [0.2, 0.25) is 0 Å². The van der Waals surface area contributed by atoms with Gasteiger partial charge in [-0.05, 0) is 48.2 Å². The second-order valence-corrected chi connectivity index (χ2v) is 12.4. The summed E-state index contributed by atoms with van der Waals surface area (Å²) < 4.78 is 36.6. The number of aliphatic hydroxyl groups excluding tert-OH is 2. The molecular formula is C32H33N3O7S. The number of ether oxygens (including phenoxy) is 1. The quantitative estimate of drug-likeness (QED) is 0.224. The molecule has 1 aliphatic rings. The number of nitrogens with one attached hydrogen (secondary N) is 1. The van der Waals surface area contributed by atoms with Crippen molar-refractivity contribution >= 4 is 21.5 Å². The molecule has 0 fully saturated rings. The standard InChI is InChI=1S/C32H33N3O7S/c36-18-23(19-37)34-32(39)26-9-4-5-12-31(26)43(40,41)20-27-24-10-6-11-28(38)25(24)13-14-29(27)42-30(17-35-16-15-33-21-35)22-7-2-1-3-8-22/h1-5,7-9,12-16,21,23,30,36-37H,6,10-11,17-20H2,(H,34,39). The molecule has 4 aromatic rings. The molecular weight excluding hydrogens is 570 g/mol. The molecule has 1 amide bonds. The normalized spacial score (nSPS) is 13.9. The fourth-order valence-electron chi connectivity index (χ4n) is 5.27. The van der Waals surface area contributed by atoms with Gasteiger partial charge in [-0.3, -0.25) is 9.59 Å². The van der Waals surface area contributed by atoms with Crippen LogP contribution in [0.5, 0.6) is 5.75 Å². The van der Waals surface area contributed by atoms with Gasteiger partial charge in [-0.1, -0.05) is 42.5 Å². The van der Waals surface area contributed by atoms with Crippen LogP contribution in [0.3, 0.4) is 0 Å². The summed E-state index contributed by atoms with van der Waals surface area (Å²) in [5.74, 6) is -0.950. The third kappa shape index (κ3) is 6.85. The van der Waals surface area contributed by atoms with E-state index in [4.69, 9.17) is 4.74 Å². The summed E-state index contributed by atoms with van der Waals surface area (Å²) in [6.45, 7) is -0.612. The van der Waals surface area contributed by atoms with Crippen molar-refractivity contribution < 1.29 is 33.0 Å². The largest absolute Gasteiger partial charge is 0.484 e. The van der Waals surface area contributed by atoms with E-state index in [-0.39, 0.29) is 16.2 Å². The molecule has 5 rings (SSSR count). The maximum absolute atomic E-state index is 14.1. The van der Waals surface area contributed by atoms with Gasteiger partial charge in [0.15, 0.2) is 15.6 Å². The zero-order chi connectivity index (χ0) is 30.4. The van der Waals surface area contributed by atoms with Crippen LogP contribution in [0.25, 0.3) is 0 Å². The summed E-state index contributed by atoms with van der Waals surface area (Å²) in [6.07, 6.45) is 6.14. The molecule has 224 valence electrons. The Kier molecular flexibility index (Phi) is 9.34. The van der Waals surface area contributed by atoms with Gasteiger partial charge in [-0.2, -0.15) is 0 Å². The summed E-state index contributed by atoms with van der Waals surface area (Å²) in [4.78, 5) is 29.8. The van der Waals surface area contributed by atoms with E-state index in [9.17, 15) is 28.2 Å². The fourth-order valence-corrected chi connectivity index (χ4v) is 6.90. The van der Waals surface area contributed by atoms with E-state index in [0.29, 0.717) is 48.2 Å². The lowest BCUT2D eigenvalue weighted by Crippen LogP contribution is -2.40.